The van der Waals surface area contributed by atoms with Gasteiger partial charge in [0.15, 0.2) is 0 Å². The average molecular weight is 193 g/mol. The third-order valence-corrected chi connectivity index (χ3v) is 1.75. The third-order valence-electron chi connectivity index (χ3n) is 1.75. The summed E-state index contributed by atoms with van der Waals surface area (Å²) in [5, 5.41) is 9.63. The molecule has 0 bridgehead atoms. The molecule has 74 valence electrons. The van der Waals surface area contributed by atoms with E-state index < -0.39 is 12.1 Å². The van der Waals surface area contributed by atoms with Gasteiger partial charge in [0, 0.05) is 6.20 Å². The second-order valence-corrected chi connectivity index (χ2v) is 2.67. The van der Waals surface area contributed by atoms with Crippen molar-refractivity contribution in [3.05, 3.63) is 42.2 Å². The minimum Gasteiger partial charge on any atom is -0.466 e. The monoisotopic (exact) mass is 193 g/mol. The van der Waals surface area contributed by atoms with Crippen molar-refractivity contribution in [2.45, 2.75) is 6.10 Å². The van der Waals surface area contributed by atoms with Gasteiger partial charge < -0.3 is 9.84 Å². The smallest absolute Gasteiger partial charge is 0.336 e. The fourth-order valence-corrected chi connectivity index (χ4v) is 0.959. The predicted molar refractivity (Wildman–Crippen MR) is 50.4 cm³/mol. The van der Waals surface area contributed by atoms with Crippen LogP contribution >= 0.6 is 0 Å². The number of hydrogen-bond acceptors (Lipinski definition) is 4. The molecule has 1 atom stereocenters. The predicted octanol–water partition coefficient (Wildman–Crippen LogP) is 0.844. The van der Waals surface area contributed by atoms with E-state index >= 15 is 0 Å². The van der Waals surface area contributed by atoms with E-state index in [0.717, 1.165) is 0 Å². The molecule has 14 heavy (non-hydrogen) atoms. The summed E-state index contributed by atoms with van der Waals surface area (Å²) in [6, 6.07) is 5.05. The highest BCUT2D eigenvalue weighted by atomic mass is 16.5. The molecule has 1 aromatic heterocycles. The normalized spacial score (nSPS) is 11.9. The largest absolute Gasteiger partial charge is 0.466 e. The number of carbonyl (C=O) groups excluding carboxylic acids is 1. The maximum Gasteiger partial charge on any atom is 0.336 e. The number of carbonyl (C=O) groups is 1. The van der Waals surface area contributed by atoms with Crippen molar-refractivity contribution in [1.29, 1.82) is 0 Å². The maximum atomic E-state index is 11.0. The number of ether oxygens (including phenoxy) is 1. The van der Waals surface area contributed by atoms with Crippen molar-refractivity contribution in [2.24, 2.45) is 0 Å². The quantitative estimate of drug-likeness (QED) is 0.571. The highest BCUT2D eigenvalue weighted by Gasteiger charge is 2.19. The molecule has 0 aliphatic rings. The van der Waals surface area contributed by atoms with E-state index in [0.29, 0.717) is 5.69 Å². The summed E-state index contributed by atoms with van der Waals surface area (Å²) in [6.07, 6.45) is 0.423. The Hall–Kier alpha value is -1.68. The standard InChI is InChI=1S/C10H11NO3/c1-7(10(13)14-2)9(12)8-5-3-4-6-11-8/h3-6,9,12H,1H2,2H3/t9-/m1/s1. The van der Waals surface area contributed by atoms with Crippen LogP contribution in [0, 0.1) is 0 Å². The van der Waals surface area contributed by atoms with Gasteiger partial charge in [0.1, 0.15) is 6.10 Å². The van der Waals surface area contributed by atoms with E-state index in [1.165, 1.54) is 13.3 Å². The molecule has 1 heterocycles. The molecule has 4 nitrogen and oxygen atoms in total. The third kappa shape index (κ3) is 2.17. The lowest BCUT2D eigenvalue weighted by molar-refractivity contribution is -0.137. The number of aliphatic hydroxyl groups is 1. The number of aliphatic hydroxyl groups excluding tert-OH is 1. The van der Waals surface area contributed by atoms with Crippen molar-refractivity contribution in [2.75, 3.05) is 7.11 Å². The first-order chi connectivity index (χ1) is 6.66. The Balaban J connectivity index is 2.81. The van der Waals surface area contributed by atoms with Crippen LogP contribution in [0.2, 0.25) is 0 Å². The van der Waals surface area contributed by atoms with Gasteiger partial charge in [0.25, 0.3) is 0 Å². The van der Waals surface area contributed by atoms with E-state index in [-0.39, 0.29) is 5.57 Å². The highest BCUT2D eigenvalue weighted by Crippen LogP contribution is 2.18. The lowest BCUT2D eigenvalue weighted by atomic mass is 10.1. The van der Waals surface area contributed by atoms with Crippen LogP contribution in [-0.4, -0.2) is 23.2 Å². The van der Waals surface area contributed by atoms with Crippen LogP contribution in [0.5, 0.6) is 0 Å². The molecule has 0 aliphatic heterocycles. The highest BCUT2D eigenvalue weighted by molar-refractivity contribution is 5.88. The summed E-state index contributed by atoms with van der Waals surface area (Å²) in [4.78, 5) is 14.9. The zero-order valence-corrected chi connectivity index (χ0v) is 7.80. The number of esters is 1. The molecule has 0 spiro atoms. The minimum absolute atomic E-state index is 0.0220. The van der Waals surface area contributed by atoms with Crippen molar-refractivity contribution in [3.63, 3.8) is 0 Å². The molecule has 4 heteroatoms. The summed E-state index contributed by atoms with van der Waals surface area (Å²) in [6.45, 7) is 3.44. The molecule has 0 saturated carbocycles. The molecular formula is C10H11NO3. The van der Waals surface area contributed by atoms with Crippen LogP contribution in [0.1, 0.15) is 11.8 Å². The molecule has 1 aromatic rings. The van der Waals surface area contributed by atoms with Gasteiger partial charge in [-0.3, -0.25) is 4.98 Å². The number of hydrogen-bond donors (Lipinski definition) is 1. The van der Waals surface area contributed by atoms with Crippen molar-refractivity contribution in [1.82, 2.24) is 4.98 Å². The van der Waals surface area contributed by atoms with Gasteiger partial charge >= 0.3 is 5.97 Å². The van der Waals surface area contributed by atoms with Crippen LogP contribution in [0.25, 0.3) is 0 Å². The number of aromatic nitrogens is 1. The van der Waals surface area contributed by atoms with Gasteiger partial charge in [-0.2, -0.15) is 0 Å². The second kappa shape index (κ2) is 4.53. The number of nitrogens with zero attached hydrogens (tertiary/aromatic N) is 1. The topological polar surface area (TPSA) is 59.4 Å². The fraction of sp³-hybridized carbons (Fsp3) is 0.200. The van der Waals surface area contributed by atoms with Crippen LogP contribution in [0.15, 0.2) is 36.5 Å². The molecule has 0 radical (unpaired) electrons. The molecule has 0 aliphatic carbocycles. The summed E-state index contributed by atoms with van der Waals surface area (Å²) >= 11 is 0. The maximum absolute atomic E-state index is 11.0. The Morgan fingerprint density at radius 1 is 1.64 bits per heavy atom. The van der Waals surface area contributed by atoms with Crippen LogP contribution in [0.3, 0.4) is 0 Å². The van der Waals surface area contributed by atoms with Gasteiger partial charge in [-0.15, -0.1) is 0 Å². The lowest BCUT2D eigenvalue weighted by Crippen LogP contribution is -2.12. The van der Waals surface area contributed by atoms with Crippen molar-refractivity contribution >= 4 is 5.97 Å². The van der Waals surface area contributed by atoms with E-state index in [1.54, 1.807) is 18.2 Å². The molecule has 1 rings (SSSR count). The summed E-state index contributed by atoms with van der Waals surface area (Å²) < 4.78 is 4.43. The van der Waals surface area contributed by atoms with Crippen LogP contribution < -0.4 is 0 Å². The first-order valence-corrected chi connectivity index (χ1v) is 4.03. The molecule has 0 unspecified atom stereocenters. The minimum atomic E-state index is -1.11. The second-order valence-electron chi connectivity index (χ2n) is 2.67. The van der Waals surface area contributed by atoms with E-state index in [4.69, 9.17) is 0 Å². The zero-order chi connectivity index (χ0) is 10.6. The molecule has 0 saturated heterocycles. The molecule has 1 N–H and O–H groups in total. The van der Waals surface area contributed by atoms with E-state index in [2.05, 4.69) is 16.3 Å². The Morgan fingerprint density at radius 3 is 2.86 bits per heavy atom. The zero-order valence-electron chi connectivity index (χ0n) is 7.80. The summed E-state index contributed by atoms with van der Waals surface area (Å²) in [5.74, 6) is -0.636. The molecular weight excluding hydrogens is 182 g/mol. The molecule has 0 fully saturated rings. The van der Waals surface area contributed by atoms with Crippen LogP contribution in [-0.2, 0) is 9.53 Å². The van der Waals surface area contributed by atoms with Gasteiger partial charge in [0.05, 0.1) is 18.4 Å². The molecule has 0 aromatic carbocycles. The Kier molecular flexibility index (Phi) is 3.36. The van der Waals surface area contributed by atoms with Gasteiger partial charge in [-0.25, -0.2) is 4.79 Å². The van der Waals surface area contributed by atoms with Gasteiger partial charge in [0.2, 0.25) is 0 Å². The Labute approximate surface area is 81.9 Å². The average Bonchev–Trinajstić information content (AvgIpc) is 2.27. The first kappa shape index (κ1) is 10.4. The van der Waals surface area contributed by atoms with E-state index in [1.807, 2.05) is 0 Å². The van der Waals surface area contributed by atoms with Crippen molar-refractivity contribution < 1.29 is 14.6 Å². The lowest BCUT2D eigenvalue weighted by Gasteiger charge is -2.10. The first-order valence-electron chi connectivity index (χ1n) is 4.03. The van der Waals surface area contributed by atoms with Gasteiger partial charge in [-0.1, -0.05) is 12.6 Å². The SMILES string of the molecule is C=C(C(=O)OC)[C@@H](O)c1ccccn1. The van der Waals surface area contributed by atoms with Crippen molar-refractivity contribution in [3.8, 4) is 0 Å². The number of pyridine rings is 1. The van der Waals surface area contributed by atoms with Crippen LogP contribution in [0.4, 0.5) is 0 Å². The summed E-state index contributed by atoms with van der Waals surface area (Å²) in [5.41, 5.74) is 0.356. The molecule has 0 amide bonds. The Morgan fingerprint density at radius 2 is 2.36 bits per heavy atom. The summed E-state index contributed by atoms with van der Waals surface area (Å²) in [7, 11) is 1.23. The van der Waals surface area contributed by atoms with E-state index in [9.17, 15) is 9.90 Å². The fourth-order valence-electron chi connectivity index (χ4n) is 0.959. The number of methoxy groups -OCH3 is 1. The van der Waals surface area contributed by atoms with Gasteiger partial charge in [-0.05, 0) is 12.1 Å². The number of rotatable bonds is 3. The Bertz CT molecular complexity index is 334.